The monoisotopic (exact) mass is 351 g/mol. The summed E-state index contributed by atoms with van der Waals surface area (Å²) in [5, 5.41) is 3.20. The molecule has 2 rings (SSSR count). The van der Waals surface area contributed by atoms with Gasteiger partial charge < -0.3 is 5.32 Å². The average Bonchev–Trinajstić information content (AvgIpc) is 2.87. The Morgan fingerprint density at radius 2 is 2.00 bits per heavy atom. The van der Waals surface area contributed by atoms with E-state index in [-0.39, 0.29) is 5.91 Å². The molecule has 0 heterocycles. The van der Waals surface area contributed by atoms with E-state index in [0.717, 1.165) is 22.1 Å². The molecule has 1 aromatic carbocycles. The number of amides is 1. The van der Waals surface area contributed by atoms with Crippen LogP contribution < -0.4 is 5.32 Å². The second-order valence-corrected chi connectivity index (χ2v) is 7.86. The van der Waals surface area contributed by atoms with E-state index in [1.165, 1.54) is 32.1 Å². The van der Waals surface area contributed by atoms with Crippen molar-refractivity contribution in [1.82, 2.24) is 5.32 Å². The fourth-order valence-corrected chi connectivity index (χ4v) is 4.01. The van der Waals surface area contributed by atoms with Gasteiger partial charge in [0.15, 0.2) is 0 Å². The molecule has 1 aliphatic carbocycles. The fraction of sp³-hybridized carbons (Fsp3) is 0.611. The number of hydrogen-bond acceptors (Lipinski definition) is 1. The highest BCUT2D eigenvalue weighted by molar-refractivity contribution is 9.10. The van der Waals surface area contributed by atoms with Crippen LogP contribution in [0.4, 0.5) is 0 Å². The van der Waals surface area contributed by atoms with E-state index in [2.05, 4.69) is 35.1 Å². The molecule has 116 valence electrons. The van der Waals surface area contributed by atoms with Crippen molar-refractivity contribution in [3.63, 3.8) is 0 Å². The van der Waals surface area contributed by atoms with E-state index in [1.807, 2.05) is 25.1 Å². The lowest BCUT2D eigenvalue weighted by Gasteiger charge is -2.31. The number of aryl methyl sites for hydroxylation is 1. The molecular formula is C18H26BrNO. The van der Waals surface area contributed by atoms with Crippen LogP contribution in [0, 0.1) is 18.3 Å². The van der Waals surface area contributed by atoms with E-state index in [4.69, 9.17) is 0 Å². The zero-order valence-electron chi connectivity index (χ0n) is 13.3. The van der Waals surface area contributed by atoms with Gasteiger partial charge in [-0.15, -0.1) is 0 Å². The SMILES string of the molecule is Cc1ccc(Br)cc1C(=O)NCC1(CC(C)C)CCCC1. The first-order valence-corrected chi connectivity index (χ1v) is 8.75. The first-order chi connectivity index (χ1) is 9.92. The van der Waals surface area contributed by atoms with E-state index in [1.54, 1.807) is 0 Å². The topological polar surface area (TPSA) is 29.1 Å². The second-order valence-electron chi connectivity index (χ2n) is 6.95. The van der Waals surface area contributed by atoms with Crippen molar-refractivity contribution < 1.29 is 4.79 Å². The van der Waals surface area contributed by atoms with Crippen LogP contribution in [0.25, 0.3) is 0 Å². The van der Waals surface area contributed by atoms with Gasteiger partial charge in [-0.1, -0.05) is 48.7 Å². The summed E-state index contributed by atoms with van der Waals surface area (Å²) < 4.78 is 0.955. The molecule has 21 heavy (non-hydrogen) atoms. The molecule has 0 atom stereocenters. The predicted octanol–water partition coefficient (Wildman–Crippen LogP) is 5.09. The zero-order valence-corrected chi connectivity index (χ0v) is 14.9. The molecule has 1 aromatic rings. The quantitative estimate of drug-likeness (QED) is 0.785. The molecule has 1 saturated carbocycles. The lowest BCUT2D eigenvalue weighted by atomic mass is 9.78. The van der Waals surface area contributed by atoms with Gasteiger partial charge in [0.25, 0.3) is 5.91 Å². The summed E-state index contributed by atoms with van der Waals surface area (Å²) in [7, 11) is 0. The molecule has 0 bridgehead atoms. The second kappa shape index (κ2) is 6.95. The molecular weight excluding hydrogens is 326 g/mol. The third-order valence-electron chi connectivity index (χ3n) is 4.57. The number of hydrogen-bond donors (Lipinski definition) is 1. The number of benzene rings is 1. The van der Waals surface area contributed by atoms with Crippen molar-refractivity contribution >= 4 is 21.8 Å². The first-order valence-electron chi connectivity index (χ1n) is 7.96. The summed E-state index contributed by atoms with van der Waals surface area (Å²) in [5.41, 5.74) is 2.13. The molecule has 0 spiro atoms. The predicted molar refractivity (Wildman–Crippen MR) is 91.6 cm³/mol. The Balaban J connectivity index is 2.03. The fourth-order valence-electron chi connectivity index (χ4n) is 3.65. The Kier molecular flexibility index (Phi) is 5.48. The van der Waals surface area contributed by atoms with Gasteiger partial charge >= 0.3 is 0 Å². The molecule has 1 amide bonds. The minimum Gasteiger partial charge on any atom is -0.351 e. The van der Waals surface area contributed by atoms with Crippen molar-refractivity contribution in [2.45, 2.75) is 52.9 Å². The van der Waals surface area contributed by atoms with Gasteiger partial charge in [-0.3, -0.25) is 4.79 Å². The van der Waals surface area contributed by atoms with Gasteiger partial charge in [-0.2, -0.15) is 0 Å². The van der Waals surface area contributed by atoms with Crippen molar-refractivity contribution in [2.75, 3.05) is 6.54 Å². The Morgan fingerprint density at radius 3 is 2.62 bits per heavy atom. The number of carbonyl (C=O) groups excluding carboxylic acids is 1. The molecule has 2 nitrogen and oxygen atoms in total. The normalized spacial score (nSPS) is 17.2. The molecule has 0 radical (unpaired) electrons. The molecule has 1 N–H and O–H groups in total. The summed E-state index contributed by atoms with van der Waals surface area (Å²) in [6.07, 6.45) is 6.33. The van der Waals surface area contributed by atoms with E-state index < -0.39 is 0 Å². The number of nitrogens with one attached hydrogen (secondary N) is 1. The summed E-state index contributed by atoms with van der Waals surface area (Å²) in [6.45, 7) is 7.36. The lowest BCUT2D eigenvalue weighted by Crippen LogP contribution is -2.37. The van der Waals surface area contributed by atoms with Crippen molar-refractivity contribution in [3.8, 4) is 0 Å². The standard InChI is InChI=1S/C18H26BrNO/c1-13(2)11-18(8-4-5-9-18)12-20-17(21)16-10-15(19)7-6-14(16)3/h6-7,10,13H,4-5,8-9,11-12H2,1-3H3,(H,20,21). The highest BCUT2D eigenvalue weighted by Gasteiger charge is 2.34. The van der Waals surface area contributed by atoms with Gasteiger partial charge in [0, 0.05) is 16.6 Å². The Labute approximate surface area is 136 Å². The minimum absolute atomic E-state index is 0.0591. The third kappa shape index (κ3) is 4.32. The van der Waals surface area contributed by atoms with Gasteiger partial charge in [0.2, 0.25) is 0 Å². The van der Waals surface area contributed by atoms with Gasteiger partial charge in [-0.25, -0.2) is 0 Å². The van der Waals surface area contributed by atoms with Crippen LogP contribution in [-0.2, 0) is 0 Å². The van der Waals surface area contributed by atoms with E-state index >= 15 is 0 Å². The van der Waals surface area contributed by atoms with Crippen LogP contribution in [0.15, 0.2) is 22.7 Å². The van der Waals surface area contributed by atoms with Crippen molar-refractivity contribution in [2.24, 2.45) is 11.3 Å². The molecule has 1 aliphatic rings. The number of carbonyl (C=O) groups is 1. The van der Waals surface area contributed by atoms with E-state index in [0.29, 0.717) is 11.3 Å². The maximum absolute atomic E-state index is 12.5. The maximum Gasteiger partial charge on any atom is 0.251 e. The van der Waals surface area contributed by atoms with Gasteiger partial charge in [0.05, 0.1) is 0 Å². The highest BCUT2D eigenvalue weighted by atomic mass is 79.9. The van der Waals surface area contributed by atoms with Gasteiger partial charge in [0.1, 0.15) is 0 Å². The Hall–Kier alpha value is -0.830. The smallest absolute Gasteiger partial charge is 0.251 e. The minimum atomic E-state index is 0.0591. The van der Waals surface area contributed by atoms with Gasteiger partial charge in [-0.05, 0) is 55.2 Å². The Morgan fingerprint density at radius 1 is 1.33 bits per heavy atom. The number of rotatable bonds is 5. The maximum atomic E-state index is 12.5. The molecule has 1 fully saturated rings. The molecule has 3 heteroatoms. The molecule has 0 unspecified atom stereocenters. The molecule has 0 aliphatic heterocycles. The van der Waals surface area contributed by atoms with Crippen LogP contribution in [0.5, 0.6) is 0 Å². The number of halogens is 1. The van der Waals surface area contributed by atoms with Crippen LogP contribution in [-0.4, -0.2) is 12.5 Å². The summed E-state index contributed by atoms with van der Waals surface area (Å²) in [4.78, 5) is 12.5. The Bertz CT molecular complexity index is 504. The van der Waals surface area contributed by atoms with Crippen LogP contribution in [0.3, 0.4) is 0 Å². The first kappa shape index (κ1) is 16.5. The largest absolute Gasteiger partial charge is 0.351 e. The average molecular weight is 352 g/mol. The van der Waals surface area contributed by atoms with E-state index in [9.17, 15) is 4.79 Å². The zero-order chi connectivity index (χ0) is 15.5. The van der Waals surface area contributed by atoms with Crippen LogP contribution in [0.1, 0.15) is 61.9 Å². The lowest BCUT2D eigenvalue weighted by molar-refractivity contribution is 0.0921. The summed E-state index contributed by atoms with van der Waals surface area (Å²) in [6, 6.07) is 5.87. The summed E-state index contributed by atoms with van der Waals surface area (Å²) >= 11 is 3.45. The molecule has 0 aromatic heterocycles. The van der Waals surface area contributed by atoms with Crippen molar-refractivity contribution in [1.29, 1.82) is 0 Å². The highest BCUT2D eigenvalue weighted by Crippen LogP contribution is 2.42. The van der Waals surface area contributed by atoms with Crippen LogP contribution in [0.2, 0.25) is 0 Å². The third-order valence-corrected chi connectivity index (χ3v) is 5.07. The van der Waals surface area contributed by atoms with Crippen LogP contribution >= 0.6 is 15.9 Å². The molecule has 0 saturated heterocycles. The van der Waals surface area contributed by atoms with Crippen molar-refractivity contribution in [3.05, 3.63) is 33.8 Å². The summed E-state index contributed by atoms with van der Waals surface area (Å²) in [5.74, 6) is 0.747.